The van der Waals surface area contributed by atoms with Gasteiger partial charge in [-0.25, -0.2) is 8.42 Å². The van der Waals surface area contributed by atoms with Gasteiger partial charge in [-0.2, -0.15) is 9.40 Å². The number of hydrogen-bond donors (Lipinski definition) is 0. The molecule has 7 nitrogen and oxygen atoms in total. The number of rotatable bonds is 6. The molecule has 8 heteroatoms. The third-order valence-corrected chi connectivity index (χ3v) is 7.00. The normalized spacial score (nSPS) is 16.4. The number of aryl methyl sites for hydroxylation is 2. The summed E-state index contributed by atoms with van der Waals surface area (Å²) in [5.74, 6) is 1.36. The molecule has 1 aromatic carbocycles. The molecule has 1 saturated heterocycles. The zero-order chi connectivity index (χ0) is 19.6. The largest absolute Gasteiger partial charge is 0.493 e. The molecule has 1 aromatic heterocycles. The summed E-state index contributed by atoms with van der Waals surface area (Å²) in [6.07, 6.45) is 1.65. The van der Waals surface area contributed by atoms with E-state index in [0.717, 1.165) is 30.8 Å². The molecule has 0 radical (unpaired) electrons. The first kappa shape index (κ1) is 19.7. The Hall–Kier alpha value is -2.06. The summed E-state index contributed by atoms with van der Waals surface area (Å²) in [4.78, 5) is 0.233. The van der Waals surface area contributed by atoms with Crippen molar-refractivity contribution >= 4 is 10.0 Å². The summed E-state index contributed by atoms with van der Waals surface area (Å²) in [5, 5.41) is 4.51. The minimum atomic E-state index is -3.54. The molecule has 1 aliphatic rings. The molecule has 1 aliphatic heterocycles. The third-order valence-electron chi connectivity index (χ3n) is 5.10. The van der Waals surface area contributed by atoms with Gasteiger partial charge in [-0.1, -0.05) is 0 Å². The van der Waals surface area contributed by atoms with Crippen molar-refractivity contribution in [2.45, 2.75) is 38.1 Å². The molecule has 0 amide bonds. The summed E-state index contributed by atoms with van der Waals surface area (Å²) >= 11 is 0. The Bertz CT molecular complexity index is 900. The van der Waals surface area contributed by atoms with Crippen LogP contribution in [0, 0.1) is 19.8 Å². The molecular formula is C19H27N3O4S. The Kier molecular flexibility index (Phi) is 5.76. The van der Waals surface area contributed by atoms with Crippen LogP contribution in [0.5, 0.6) is 11.5 Å². The SMILES string of the molecule is COc1ccc(S(=O)(=O)N2CCC(Cn3nc(C)cc3C)CC2)cc1OC. The van der Waals surface area contributed by atoms with Crippen LogP contribution in [0.25, 0.3) is 0 Å². The number of methoxy groups -OCH3 is 2. The average molecular weight is 394 g/mol. The van der Waals surface area contributed by atoms with Crippen molar-refractivity contribution in [1.82, 2.24) is 14.1 Å². The Labute approximate surface area is 160 Å². The molecule has 2 aromatic rings. The van der Waals surface area contributed by atoms with Gasteiger partial charge in [0, 0.05) is 31.4 Å². The maximum atomic E-state index is 13.0. The van der Waals surface area contributed by atoms with Crippen molar-refractivity contribution in [2.75, 3.05) is 27.3 Å². The van der Waals surface area contributed by atoms with Crippen LogP contribution in [0.15, 0.2) is 29.2 Å². The van der Waals surface area contributed by atoms with Gasteiger partial charge in [-0.15, -0.1) is 0 Å². The number of hydrogen-bond acceptors (Lipinski definition) is 5. The lowest BCUT2D eigenvalue weighted by Crippen LogP contribution is -2.39. The lowest BCUT2D eigenvalue weighted by molar-refractivity contribution is 0.246. The fourth-order valence-corrected chi connectivity index (χ4v) is 5.05. The first-order valence-electron chi connectivity index (χ1n) is 9.08. The Morgan fingerprint density at radius 2 is 1.74 bits per heavy atom. The molecule has 2 heterocycles. The molecule has 0 spiro atoms. The van der Waals surface area contributed by atoms with Crippen molar-refractivity contribution in [1.29, 1.82) is 0 Å². The van der Waals surface area contributed by atoms with E-state index in [-0.39, 0.29) is 4.90 Å². The molecule has 0 unspecified atom stereocenters. The van der Waals surface area contributed by atoms with Crippen molar-refractivity contribution in [3.05, 3.63) is 35.7 Å². The van der Waals surface area contributed by atoms with E-state index in [1.54, 1.807) is 16.4 Å². The van der Waals surface area contributed by atoms with Crippen LogP contribution in [0.1, 0.15) is 24.2 Å². The van der Waals surface area contributed by atoms with Gasteiger partial charge in [0.1, 0.15) is 0 Å². The molecule has 0 atom stereocenters. The molecule has 0 N–H and O–H groups in total. The molecule has 148 valence electrons. The minimum absolute atomic E-state index is 0.233. The van der Waals surface area contributed by atoms with E-state index in [1.807, 2.05) is 11.6 Å². The van der Waals surface area contributed by atoms with Crippen molar-refractivity contribution in [2.24, 2.45) is 5.92 Å². The topological polar surface area (TPSA) is 73.7 Å². The van der Waals surface area contributed by atoms with E-state index in [9.17, 15) is 8.42 Å². The van der Waals surface area contributed by atoms with Gasteiger partial charge in [-0.05, 0) is 50.8 Å². The van der Waals surface area contributed by atoms with Gasteiger partial charge in [0.2, 0.25) is 10.0 Å². The highest BCUT2D eigenvalue weighted by molar-refractivity contribution is 7.89. The van der Waals surface area contributed by atoms with E-state index < -0.39 is 10.0 Å². The smallest absolute Gasteiger partial charge is 0.243 e. The number of ether oxygens (including phenoxy) is 2. The highest BCUT2D eigenvalue weighted by atomic mass is 32.2. The number of nitrogens with zero attached hydrogens (tertiary/aromatic N) is 3. The van der Waals surface area contributed by atoms with Crippen LogP contribution in [0.4, 0.5) is 0 Å². The number of benzene rings is 1. The molecule has 27 heavy (non-hydrogen) atoms. The van der Waals surface area contributed by atoms with Gasteiger partial charge in [0.05, 0.1) is 24.8 Å². The fraction of sp³-hybridized carbons (Fsp3) is 0.526. The molecule has 0 aliphatic carbocycles. The third kappa shape index (κ3) is 4.11. The summed E-state index contributed by atoms with van der Waals surface area (Å²) in [5.41, 5.74) is 2.16. The zero-order valence-electron chi connectivity index (χ0n) is 16.3. The van der Waals surface area contributed by atoms with Gasteiger partial charge in [-0.3, -0.25) is 4.68 Å². The van der Waals surface area contributed by atoms with Gasteiger partial charge in [0.15, 0.2) is 11.5 Å². The summed E-state index contributed by atoms with van der Waals surface area (Å²) < 4.78 is 40.0. The Morgan fingerprint density at radius 3 is 2.30 bits per heavy atom. The number of piperidine rings is 1. The maximum absolute atomic E-state index is 13.0. The first-order valence-corrected chi connectivity index (χ1v) is 10.5. The number of aromatic nitrogens is 2. The fourth-order valence-electron chi connectivity index (χ4n) is 3.56. The highest BCUT2D eigenvalue weighted by Gasteiger charge is 2.30. The van der Waals surface area contributed by atoms with Crippen LogP contribution in [-0.4, -0.2) is 49.8 Å². The zero-order valence-corrected chi connectivity index (χ0v) is 17.1. The minimum Gasteiger partial charge on any atom is -0.493 e. The molecular weight excluding hydrogens is 366 g/mol. The van der Waals surface area contributed by atoms with Crippen LogP contribution >= 0.6 is 0 Å². The molecule has 3 rings (SSSR count). The second-order valence-electron chi connectivity index (χ2n) is 6.97. The second kappa shape index (κ2) is 7.90. The van der Waals surface area contributed by atoms with Gasteiger partial charge >= 0.3 is 0 Å². The van der Waals surface area contributed by atoms with Crippen LogP contribution in [-0.2, 0) is 16.6 Å². The van der Waals surface area contributed by atoms with Gasteiger partial charge < -0.3 is 9.47 Å². The maximum Gasteiger partial charge on any atom is 0.243 e. The van der Waals surface area contributed by atoms with E-state index in [1.165, 1.54) is 20.3 Å². The van der Waals surface area contributed by atoms with E-state index in [4.69, 9.17) is 9.47 Å². The highest BCUT2D eigenvalue weighted by Crippen LogP contribution is 2.32. The molecule has 0 saturated carbocycles. The quantitative estimate of drug-likeness (QED) is 0.754. The van der Waals surface area contributed by atoms with Crippen molar-refractivity contribution < 1.29 is 17.9 Å². The predicted octanol–water partition coefficient (Wildman–Crippen LogP) is 2.62. The second-order valence-corrected chi connectivity index (χ2v) is 8.91. The lowest BCUT2D eigenvalue weighted by atomic mass is 9.98. The van der Waals surface area contributed by atoms with E-state index in [2.05, 4.69) is 18.1 Å². The number of sulfonamides is 1. The monoisotopic (exact) mass is 393 g/mol. The molecule has 1 fully saturated rings. The average Bonchev–Trinajstić information content (AvgIpc) is 2.98. The Morgan fingerprint density at radius 1 is 1.07 bits per heavy atom. The standard InChI is InChI=1S/C19H27N3O4S/c1-14-11-15(2)22(20-14)13-16-7-9-21(10-8-16)27(23,24)17-5-6-18(25-3)19(12-17)26-4/h5-6,11-12,16H,7-10,13H2,1-4H3. The van der Waals surface area contributed by atoms with E-state index >= 15 is 0 Å². The molecule has 0 bridgehead atoms. The van der Waals surface area contributed by atoms with E-state index in [0.29, 0.717) is 30.5 Å². The Balaban J connectivity index is 1.68. The first-order chi connectivity index (χ1) is 12.8. The van der Waals surface area contributed by atoms with Crippen LogP contribution in [0.2, 0.25) is 0 Å². The summed E-state index contributed by atoms with van der Waals surface area (Å²) in [6, 6.07) is 6.78. The van der Waals surface area contributed by atoms with Gasteiger partial charge in [0.25, 0.3) is 0 Å². The van der Waals surface area contributed by atoms with Crippen LogP contribution in [0.3, 0.4) is 0 Å². The predicted molar refractivity (Wildman–Crippen MR) is 103 cm³/mol. The summed E-state index contributed by atoms with van der Waals surface area (Å²) in [7, 11) is -0.518. The summed E-state index contributed by atoms with van der Waals surface area (Å²) in [6.45, 7) is 5.91. The lowest BCUT2D eigenvalue weighted by Gasteiger charge is -2.31. The van der Waals surface area contributed by atoms with Crippen LogP contribution < -0.4 is 9.47 Å². The van der Waals surface area contributed by atoms with Crippen molar-refractivity contribution in [3.8, 4) is 11.5 Å². The van der Waals surface area contributed by atoms with Crippen molar-refractivity contribution in [3.63, 3.8) is 0 Å².